The Morgan fingerprint density at radius 2 is 1.65 bits per heavy atom. The molecule has 7 heteroatoms. The van der Waals surface area contributed by atoms with Crippen LogP contribution < -0.4 is 15.0 Å². The van der Waals surface area contributed by atoms with Gasteiger partial charge in [0, 0.05) is 44.0 Å². The summed E-state index contributed by atoms with van der Waals surface area (Å²) in [5.41, 5.74) is 2.85. The van der Waals surface area contributed by atoms with Gasteiger partial charge < -0.3 is 24.6 Å². The standard InChI is InChI=1S/C24H31N3O4/c1-3-26-14-16-27(17-15-26)21-9-7-20(8-10-21)25-23(28)18-31-24(29)13-6-19-4-11-22(30-2)12-5-19/h4-5,7-12H,3,6,13-18H2,1-2H3,(H,25,28). The normalized spacial score (nSPS) is 14.2. The molecule has 1 heterocycles. The van der Waals surface area contributed by atoms with Crippen LogP contribution in [-0.4, -0.2) is 63.2 Å². The van der Waals surface area contributed by atoms with E-state index in [4.69, 9.17) is 9.47 Å². The highest BCUT2D eigenvalue weighted by Gasteiger charge is 2.16. The lowest BCUT2D eigenvalue weighted by Crippen LogP contribution is -2.46. The van der Waals surface area contributed by atoms with Crippen molar-refractivity contribution < 1.29 is 19.1 Å². The van der Waals surface area contributed by atoms with Crippen LogP contribution in [0.3, 0.4) is 0 Å². The number of methoxy groups -OCH3 is 1. The summed E-state index contributed by atoms with van der Waals surface area (Å²) in [5, 5.41) is 2.77. The van der Waals surface area contributed by atoms with Crippen molar-refractivity contribution in [2.75, 3.05) is 56.7 Å². The highest BCUT2D eigenvalue weighted by molar-refractivity contribution is 5.92. The SMILES string of the molecule is CCN1CCN(c2ccc(NC(=O)COC(=O)CCc3ccc(OC)cc3)cc2)CC1. The van der Waals surface area contributed by atoms with Gasteiger partial charge in [-0.3, -0.25) is 9.59 Å². The fourth-order valence-electron chi connectivity index (χ4n) is 3.53. The monoisotopic (exact) mass is 425 g/mol. The van der Waals surface area contributed by atoms with E-state index in [0.717, 1.165) is 49.7 Å². The van der Waals surface area contributed by atoms with Crippen molar-refractivity contribution >= 4 is 23.3 Å². The van der Waals surface area contributed by atoms with Crippen LogP contribution in [-0.2, 0) is 20.7 Å². The Hall–Kier alpha value is -3.06. The summed E-state index contributed by atoms with van der Waals surface area (Å²) in [4.78, 5) is 28.8. The number of anilines is 2. The second-order valence-corrected chi connectivity index (χ2v) is 7.53. The first-order valence-electron chi connectivity index (χ1n) is 10.7. The van der Waals surface area contributed by atoms with Crippen LogP contribution >= 0.6 is 0 Å². The zero-order valence-electron chi connectivity index (χ0n) is 18.3. The number of carbonyl (C=O) groups is 2. The number of benzene rings is 2. The van der Waals surface area contributed by atoms with Crippen molar-refractivity contribution in [3.63, 3.8) is 0 Å². The third-order valence-corrected chi connectivity index (χ3v) is 5.48. The highest BCUT2D eigenvalue weighted by atomic mass is 16.5. The molecule has 0 spiro atoms. The zero-order valence-corrected chi connectivity index (χ0v) is 18.3. The number of amides is 1. The fourth-order valence-corrected chi connectivity index (χ4v) is 3.53. The van der Waals surface area contributed by atoms with Crippen LogP contribution in [0.15, 0.2) is 48.5 Å². The summed E-state index contributed by atoms with van der Waals surface area (Å²) in [7, 11) is 1.61. The largest absolute Gasteiger partial charge is 0.497 e. The second-order valence-electron chi connectivity index (χ2n) is 7.53. The van der Waals surface area contributed by atoms with E-state index in [1.165, 1.54) is 0 Å². The van der Waals surface area contributed by atoms with Crippen molar-refractivity contribution in [1.82, 2.24) is 4.90 Å². The molecule has 7 nitrogen and oxygen atoms in total. The van der Waals surface area contributed by atoms with Crippen LogP contribution in [0.2, 0.25) is 0 Å². The van der Waals surface area contributed by atoms with E-state index in [1.54, 1.807) is 7.11 Å². The molecule has 1 fully saturated rings. The summed E-state index contributed by atoms with van der Waals surface area (Å²) in [6.07, 6.45) is 0.776. The van der Waals surface area contributed by atoms with Gasteiger partial charge >= 0.3 is 5.97 Å². The Balaban J connectivity index is 1.37. The summed E-state index contributed by atoms with van der Waals surface area (Å²) in [5.74, 6) is 0.0322. The van der Waals surface area contributed by atoms with E-state index in [9.17, 15) is 9.59 Å². The molecule has 1 saturated heterocycles. The number of hydrogen-bond acceptors (Lipinski definition) is 6. The highest BCUT2D eigenvalue weighted by Crippen LogP contribution is 2.19. The predicted octanol–water partition coefficient (Wildman–Crippen LogP) is 2.95. The molecule has 0 atom stereocenters. The van der Waals surface area contributed by atoms with Gasteiger partial charge in [-0.1, -0.05) is 19.1 Å². The number of rotatable bonds is 9. The van der Waals surface area contributed by atoms with Gasteiger partial charge in [0.15, 0.2) is 6.61 Å². The molecule has 0 aromatic heterocycles. The Morgan fingerprint density at radius 1 is 0.968 bits per heavy atom. The average Bonchev–Trinajstić information content (AvgIpc) is 2.82. The molecule has 1 aliphatic rings. The van der Waals surface area contributed by atoms with Crippen LogP contribution in [0.25, 0.3) is 0 Å². The third-order valence-electron chi connectivity index (χ3n) is 5.48. The Morgan fingerprint density at radius 3 is 2.26 bits per heavy atom. The Bertz CT molecular complexity index is 844. The number of nitrogens with one attached hydrogen (secondary N) is 1. The number of piperazine rings is 1. The van der Waals surface area contributed by atoms with Crippen LogP contribution in [0, 0.1) is 0 Å². The van der Waals surface area contributed by atoms with Gasteiger partial charge in [-0.2, -0.15) is 0 Å². The second kappa shape index (κ2) is 11.4. The number of nitrogens with zero attached hydrogens (tertiary/aromatic N) is 2. The maximum atomic E-state index is 12.1. The minimum absolute atomic E-state index is 0.222. The molecule has 3 rings (SSSR count). The molecule has 0 aliphatic carbocycles. The van der Waals surface area contributed by atoms with Crippen molar-refractivity contribution in [2.24, 2.45) is 0 Å². The Kier molecular flexibility index (Phi) is 8.29. The van der Waals surface area contributed by atoms with Crippen molar-refractivity contribution in [3.05, 3.63) is 54.1 Å². The van der Waals surface area contributed by atoms with E-state index in [2.05, 4.69) is 22.0 Å². The molecular formula is C24H31N3O4. The molecule has 31 heavy (non-hydrogen) atoms. The molecule has 166 valence electrons. The van der Waals surface area contributed by atoms with Gasteiger partial charge in [-0.25, -0.2) is 0 Å². The first-order chi connectivity index (χ1) is 15.1. The van der Waals surface area contributed by atoms with Crippen LogP contribution in [0.1, 0.15) is 18.9 Å². The van der Waals surface area contributed by atoms with Crippen LogP contribution in [0.4, 0.5) is 11.4 Å². The molecule has 0 saturated carbocycles. The van der Waals surface area contributed by atoms with Gasteiger partial charge in [-0.05, 0) is 54.9 Å². The maximum Gasteiger partial charge on any atom is 0.306 e. The van der Waals surface area contributed by atoms with Gasteiger partial charge in [0.1, 0.15) is 5.75 Å². The number of esters is 1. The minimum atomic E-state index is -0.396. The molecule has 0 bridgehead atoms. The summed E-state index contributed by atoms with van der Waals surface area (Å²) in [6, 6.07) is 15.3. The Labute approximate surface area is 183 Å². The van der Waals surface area contributed by atoms with Crippen molar-refractivity contribution in [3.8, 4) is 5.75 Å². The number of likely N-dealkylation sites (N-methyl/N-ethyl adjacent to an activating group) is 1. The van der Waals surface area contributed by atoms with E-state index in [0.29, 0.717) is 12.1 Å². The van der Waals surface area contributed by atoms with E-state index < -0.39 is 5.97 Å². The molecule has 1 aliphatic heterocycles. The molecule has 0 radical (unpaired) electrons. The van der Waals surface area contributed by atoms with Crippen LogP contribution in [0.5, 0.6) is 5.75 Å². The third kappa shape index (κ3) is 7.00. The molecule has 2 aromatic carbocycles. The number of carbonyl (C=O) groups excluding carboxylic acids is 2. The molecule has 0 unspecified atom stereocenters. The molecule has 1 N–H and O–H groups in total. The predicted molar refractivity (Wildman–Crippen MR) is 122 cm³/mol. The van der Waals surface area contributed by atoms with E-state index in [-0.39, 0.29) is 18.9 Å². The lowest BCUT2D eigenvalue weighted by molar-refractivity contribution is -0.147. The van der Waals surface area contributed by atoms with Gasteiger partial charge in [-0.15, -0.1) is 0 Å². The summed E-state index contributed by atoms with van der Waals surface area (Å²) >= 11 is 0. The smallest absolute Gasteiger partial charge is 0.306 e. The van der Waals surface area contributed by atoms with Crippen molar-refractivity contribution in [1.29, 1.82) is 0 Å². The van der Waals surface area contributed by atoms with Gasteiger partial charge in [0.25, 0.3) is 5.91 Å². The van der Waals surface area contributed by atoms with E-state index >= 15 is 0 Å². The topological polar surface area (TPSA) is 71.1 Å². The average molecular weight is 426 g/mol. The fraction of sp³-hybridized carbons (Fsp3) is 0.417. The molecule has 2 aromatic rings. The number of ether oxygens (including phenoxy) is 2. The van der Waals surface area contributed by atoms with E-state index in [1.807, 2.05) is 48.5 Å². The lowest BCUT2D eigenvalue weighted by Gasteiger charge is -2.35. The van der Waals surface area contributed by atoms with Crippen molar-refractivity contribution in [2.45, 2.75) is 19.8 Å². The summed E-state index contributed by atoms with van der Waals surface area (Å²) < 4.78 is 10.2. The molecule has 1 amide bonds. The first-order valence-corrected chi connectivity index (χ1v) is 10.7. The van der Waals surface area contributed by atoms with Gasteiger partial charge in [0.05, 0.1) is 7.11 Å². The summed E-state index contributed by atoms with van der Waals surface area (Å²) in [6.45, 7) is 7.13. The van der Waals surface area contributed by atoms with Gasteiger partial charge in [0.2, 0.25) is 0 Å². The number of hydrogen-bond donors (Lipinski definition) is 1. The lowest BCUT2D eigenvalue weighted by atomic mass is 10.1. The first kappa shape index (κ1) is 22.6. The number of aryl methyl sites for hydroxylation is 1. The minimum Gasteiger partial charge on any atom is -0.497 e. The molecular weight excluding hydrogens is 394 g/mol. The maximum absolute atomic E-state index is 12.1. The quantitative estimate of drug-likeness (QED) is 0.623. The zero-order chi connectivity index (χ0) is 22.1.